The molecule has 18 heavy (non-hydrogen) atoms. The van der Waals surface area contributed by atoms with Crippen LogP contribution < -0.4 is 10.1 Å². The number of ketones is 1. The number of nitrogens with one attached hydrogen (secondary N) is 1. The smallest absolute Gasteiger partial charge is 0.255 e. The van der Waals surface area contributed by atoms with Crippen LogP contribution in [-0.4, -0.2) is 24.8 Å². The van der Waals surface area contributed by atoms with Gasteiger partial charge in [-0.1, -0.05) is 18.6 Å². The van der Waals surface area contributed by atoms with Crippen LogP contribution in [0.2, 0.25) is 0 Å². The fraction of sp³-hybridized carbons (Fsp3) is 0.429. The maximum absolute atomic E-state index is 12.1. The first-order valence-electron chi connectivity index (χ1n) is 5.97. The largest absolute Gasteiger partial charge is 0.496 e. The van der Waals surface area contributed by atoms with Crippen molar-refractivity contribution in [1.29, 1.82) is 0 Å². The number of hydrogen-bond donors (Lipinski definition) is 1. The summed E-state index contributed by atoms with van der Waals surface area (Å²) in [6.07, 6.45) is 0.409. The molecular weight excluding hydrogens is 230 g/mol. The van der Waals surface area contributed by atoms with Gasteiger partial charge >= 0.3 is 0 Å². The van der Waals surface area contributed by atoms with Crippen molar-refractivity contribution in [3.8, 4) is 5.75 Å². The van der Waals surface area contributed by atoms with Crippen molar-refractivity contribution < 1.29 is 14.3 Å². The minimum absolute atomic E-state index is 0.00923. The lowest BCUT2D eigenvalue weighted by atomic mass is 10.1. The van der Waals surface area contributed by atoms with Crippen molar-refractivity contribution in [2.24, 2.45) is 0 Å². The molecule has 0 fully saturated rings. The van der Waals surface area contributed by atoms with Crippen LogP contribution >= 0.6 is 0 Å². The number of carbonyl (C=O) groups is 2. The second-order valence-corrected chi connectivity index (χ2v) is 4.22. The summed E-state index contributed by atoms with van der Waals surface area (Å²) >= 11 is 0. The van der Waals surface area contributed by atoms with E-state index in [1.807, 2.05) is 13.0 Å². The van der Waals surface area contributed by atoms with Gasteiger partial charge in [-0.15, -0.1) is 0 Å². The standard InChI is InChI=1S/C14H19NO3/c1-5-12(16)10(3)15-14(17)11-8-9(2)6-7-13(11)18-4/h6-8,10H,5H2,1-4H3,(H,15,17). The highest BCUT2D eigenvalue weighted by molar-refractivity contribution is 6.00. The molecule has 1 amide bonds. The molecule has 0 radical (unpaired) electrons. The van der Waals surface area contributed by atoms with E-state index in [1.54, 1.807) is 26.0 Å². The van der Waals surface area contributed by atoms with Gasteiger partial charge in [0, 0.05) is 6.42 Å². The van der Waals surface area contributed by atoms with Crippen molar-refractivity contribution >= 4 is 11.7 Å². The highest BCUT2D eigenvalue weighted by Gasteiger charge is 2.17. The molecule has 0 bridgehead atoms. The summed E-state index contributed by atoms with van der Waals surface area (Å²) in [7, 11) is 1.52. The zero-order chi connectivity index (χ0) is 13.7. The number of Topliss-reactive ketones (excluding diaryl/α,β-unsaturated/α-hetero) is 1. The Morgan fingerprint density at radius 1 is 1.39 bits per heavy atom. The molecule has 0 aliphatic heterocycles. The average Bonchev–Trinajstić information content (AvgIpc) is 2.37. The molecule has 0 aliphatic rings. The molecule has 0 heterocycles. The lowest BCUT2D eigenvalue weighted by molar-refractivity contribution is -0.120. The van der Waals surface area contributed by atoms with Crippen molar-refractivity contribution in [2.45, 2.75) is 33.2 Å². The van der Waals surface area contributed by atoms with Gasteiger partial charge in [0.15, 0.2) is 5.78 Å². The topological polar surface area (TPSA) is 55.4 Å². The minimum atomic E-state index is -0.479. The molecule has 1 aromatic carbocycles. The number of methoxy groups -OCH3 is 1. The van der Waals surface area contributed by atoms with E-state index in [0.717, 1.165) is 5.56 Å². The third kappa shape index (κ3) is 3.32. The van der Waals surface area contributed by atoms with Gasteiger partial charge in [-0.25, -0.2) is 0 Å². The molecule has 1 N–H and O–H groups in total. The van der Waals surface area contributed by atoms with E-state index in [0.29, 0.717) is 17.7 Å². The summed E-state index contributed by atoms with van der Waals surface area (Å²) in [5.41, 5.74) is 1.42. The van der Waals surface area contributed by atoms with Crippen LogP contribution in [0.3, 0.4) is 0 Å². The number of amides is 1. The van der Waals surface area contributed by atoms with Crippen molar-refractivity contribution in [1.82, 2.24) is 5.32 Å². The highest BCUT2D eigenvalue weighted by atomic mass is 16.5. The molecule has 1 aromatic rings. The molecule has 1 rings (SSSR count). The Morgan fingerprint density at radius 3 is 2.61 bits per heavy atom. The predicted octanol–water partition coefficient (Wildman–Crippen LogP) is 2.10. The number of benzene rings is 1. The number of carbonyl (C=O) groups excluding carboxylic acids is 2. The number of hydrogen-bond acceptors (Lipinski definition) is 3. The Morgan fingerprint density at radius 2 is 2.06 bits per heavy atom. The van der Waals surface area contributed by atoms with Gasteiger partial charge in [0.1, 0.15) is 5.75 Å². The summed E-state index contributed by atoms with van der Waals surface area (Å²) in [5, 5.41) is 2.68. The second-order valence-electron chi connectivity index (χ2n) is 4.22. The van der Waals surface area contributed by atoms with E-state index in [2.05, 4.69) is 5.32 Å². The van der Waals surface area contributed by atoms with Gasteiger partial charge in [0.2, 0.25) is 0 Å². The van der Waals surface area contributed by atoms with Gasteiger partial charge in [0.05, 0.1) is 18.7 Å². The van der Waals surface area contributed by atoms with Gasteiger partial charge in [-0.2, -0.15) is 0 Å². The van der Waals surface area contributed by atoms with Crippen LogP contribution in [0.25, 0.3) is 0 Å². The second kappa shape index (κ2) is 6.19. The molecule has 0 spiro atoms. The summed E-state index contributed by atoms with van der Waals surface area (Å²) in [6, 6.07) is 4.89. The van der Waals surface area contributed by atoms with Gasteiger partial charge < -0.3 is 10.1 Å². The predicted molar refractivity (Wildman–Crippen MR) is 70.0 cm³/mol. The SMILES string of the molecule is CCC(=O)C(C)NC(=O)c1cc(C)ccc1OC. The molecule has 4 heteroatoms. The molecular formula is C14H19NO3. The molecule has 0 aliphatic carbocycles. The fourth-order valence-corrected chi connectivity index (χ4v) is 1.66. The maximum atomic E-state index is 12.1. The molecule has 1 unspecified atom stereocenters. The van der Waals surface area contributed by atoms with E-state index in [9.17, 15) is 9.59 Å². The fourth-order valence-electron chi connectivity index (χ4n) is 1.66. The quantitative estimate of drug-likeness (QED) is 0.869. The van der Waals surface area contributed by atoms with Crippen LogP contribution in [0.4, 0.5) is 0 Å². The van der Waals surface area contributed by atoms with Gasteiger partial charge in [-0.3, -0.25) is 9.59 Å². The molecule has 1 atom stereocenters. The van der Waals surface area contributed by atoms with E-state index < -0.39 is 6.04 Å². The highest BCUT2D eigenvalue weighted by Crippen LogP contribution is 2.19. The normalized spacial score (nSPS) is 11.8. The molecule has 0 saturated heterocycles. The number of rotatable bonds is 5. The van der Waals surface area contributed by atoms with Crippen molar-refractivity contribution in [3.05, 3.63) is 29.3 Å². The molecule has 98 valence electrons. The van der Waals surface area contributed by atoms with E-state index in [1.165, 1.54) is 7.11 Å². The van der Waals surface area contributed by atoms with Crippen LogP contribution in [-0.2, 0) is 4.79 Å². The third-order valence-electron chi connectivity index (χ3n) is 2.78. The Bertz CT molecular complexity index is 454. The van der Waals surface area contributed by atoms with Crippen molar-refractivity contribution in [3.63, 3.8) is 0 Å². The van der Waals surface area contributed by atoms with Crippen LogP contribution in [0.5, 0.6) is 5.75 Å². The summed E-state index contributed by atoms with van der Waals surface area (Å²) < 4.78 is 5.14. The number of aryl methyl sites for hydroxylation is 1. The monoisotopic (exact) mass is 249 g/mol. The van der Waals surface area contributed by atoms with Gasteiger partial charge in [-0.05, 0) is 26.0 Å². The first-order valence-corrected chi connectivity index (χ1v) is 5.97. The minimum Gasteiger partial charge on any atom is -0.496 e. The summed E-state index contributed by atoms with van der Waals surface area (Å²) in [6.45, 7) is 5.36. The Hall–Kier alpha value is -1.84. The van der Waals surface area contributed by atoms with Gasteiger partial charge in [0.25, 0.3) is 5.91 Å². The zero-order valence-corrected chi connectivity index (χ0v) is 11.2. The lowest BCUT2D eigenvalue weighted by Gasteiger charge is -2.14. The van der Waals surface area contributed by atoms with Crippen molar-refractivity contribution in [2.75, 3.05) is 7.11 Å². The Kier molecular flexibility index (Phi) is 4.89. The molecule has 0 saturated carbocycles. The summed E-state index contributed by atoms with van der Waals surface area (Å²) in [4.78, 5) is 23.5. The molecule has 0 aromatic heterocycles. The Balaban J connectivity index is 2.90. The van der Waals surface area contributed by atoms with Crippen LogP contribution in [0.15, 0.2) is 18.2 Å². The van der Waals surface area contributed by atoms with E-state index in [-0.39, 0.29) is 11.7 Å². The lowest BCUT2D eigenvalue weighted by Crippen LogP contribution is -2.38. The first kappa shape index (κ1) is 14.2. The molecule has 4 nitrogen and oxygen atoms in total. The third-order valence-corrected chi connectivity index (χ3v) is 2.78. The Labute approximate surface area is 107 Å². The zero-order valence-electron chi connectivity index (χ0n) is 11.2. The number of ether oxygens (including phenoxy) is 1. The van der Waals surface area contributed by atoms with E-state index in [4.69, 9.17) is 4.74 Å². The average molecular weight is 249 g/mol. The summed E-state index contributed by atoms with van der Waals surface area (Å²) in [5.74, 6) is 0.231. The van der Waals surface area contributed by atoms with Crippen LogP contribution in [0, 0.1) is 6.92 Å². The first-order chi connectivity index (χ1) is 8.49. The maximum Gasteiger partial charge on any atom is 0.255 e. The van der Waals surface area contributed by atoms with E-state index >= 15 is 0 Å². The van der Waals surface area contributed by atoms with Crippen LogP contribution in [0.1, 0.15) is 36.2 Å².